The van der Waals surface area contributed by atoms with Crippen LogP contribution in [0.4, 0.5) is 8.78 Å². The number of rotatable bonds is 3. The second kappa shape index (κ2) is 5.77. The number of nitrogens with one attached hydrogen (secondary N) is 1. The molecule has 20 heavy (non-hydrogen) atoms. The number of H-pyrrole nitrogens is 1. The van der Waals surface area contributed by atoms with Crippen LogP contribution in [-0.2, 0) is 4.74 Å². The van der Waals surface area contributed by atoms with Crippen molar-refractivity contribution in [3.8, 4) is 0 Å². The smallest absolute Gasteiger partial charge is 0.252 e. The van der Waals surface area contributed by atoms with Crippen LogP contribution in [-0.4, -0.2) is 47.3 Å². The van der Waals surface area contributed by atoms with Gasteiger partial charge in [0.1, 0.15) is 6.10 Å². The van der Waals surface area contributed by atoms with Gasteiger partial charge in [-0.2, -0.15) is 5.10 Å². The predicted octanol–water partition coefficient (Wildman–Crippen LogP) is 2.61. The second-order valence-electron chi connectivity index (χ2n) is 5.83. The van der Waals surface area contributed by atoms with Crippen LogP contribution in [0.15, 0.2) is 12.3 Å². The summed E-state index contributed by atoms with van der Waals surface area (Å²) < 4.78 is 33.5. The molecule has 2 fully saturated rings. The van der Waals surface area contributed by atoms with Crippen molar-refractivity contribution in [2.45, 2.75) is 37.7 Å². The van der Waals surface area contributed by atoms with Gasteiger partial charge in [0, 0.05) is 38.2 Å². The molecule has 1 saturated heterocycles. The van der Waals surface area contributed by atoms with Crippen LogP contribution in [0.25, 0.3) is 0 Å². The molecule has 112 valence electrons. The first kappa shape index (κ1) is 13.9. The van der Waals surface area contributed by atoms with Gasteiger partial charge in [0.05, 0.1) is 12.3 Å². The molecule has 0 radical (unpaired) electrons. The summed E-state index contributed by atoms with van der Waals surface area (Å²) in [6.07, 6.45) is 3.87. The van der Waals surface area contributed by atoms with E-state index in [0.29, 0.717) is 32.5 Å². The lowest BCUT2D eigenvalue weighted by molar-refractivity contribution is -0.108. The number of aromatic amines is 1. The minimum absolute atomic E-state index is 0.0476. The molecule has 1 aromatic rings. The van der Waals surface area contributed by atoms with Gasteiger partial charge in [-0.25, -0.2) is 8.78 Å². The van der Waals surface area contributed by atoms with E-state index in [4.69, 9.17) is 4.74 Å². The number of halogens is 2. The van der Waals surface area contributed by atoms with Gasteiger partial charge in [-0.05, 0) is 18.9 Å². The lowest BCUT2D eigenvalue weighted by Crippen LogP contribution is -2.46. The van der Waals surface area contributed by atoms with Crippen molar-refractivity contribution in [2.24, 2.45) is 5.92 Å². The Hall–Kier alpha value is -1.01. The van der Waals surface area contributed by atoms with Crippen molar-refractivity contribution in [3.63, 3.8) is 0 Å². The number of hydrogen-bond donors (Lipinski definition) is 1. The molecule has 2 heterocycles. The van der Waals surface area contributed by atoms with Crippen molar-refractivity contribution in [1.29, 1.82) is 0 Å². The first-order valence-electron chi connectivity index (χ1n) is 7.36. The maximum absolute atomic E-state index is 13.9. The van der Waals surface area contributed by atoms with Gasteiger partial charge >= 0.3 is 0 Å². The summed E-state index contributed by atoms with van der Waals surface area (Å²) in [7, 11) is 0. The second-order valence-corrected chi connectivity index (χ2v) is 5.83. The summed E-state index contributed by atoms with van der Waals surface area (Å²) in [5.41, 5.74) is 0.921. The van der Waals surface area contributed by atoms with E-state index in [0.717, 1.165) is 18.7 Å². The zero-order chi connectivity index (χ0) is 14.0. The molecule has 0 spiro atoms. The molecular formula is C14H21F2N3O. The first-order valence-corrected chi connectivity index (χ1v) is 7.36. The fourth-order valence-electron chi connectivity index (χ4n) is 3.21. The van der Waals surface area contributed by atoms with Gasteiger partial charge in [0.2, 0.25) is 0 Å². The van der Waals surface area contributed by atoms with Crippen LogP contribution >= 0.6 is 0 Å². The monoisotopic (exact) mass is 285 g/mol. The molecule has 1 N–H and O–H groups in total. The van der Waals surface area contributed by atoms with Crippen molar-refractivity contribution >= 4 is 0 Å². The molecule has 0 bridgehead atoms. The van der Waals surface area contributed by atoms with Gasteiger partial charge in [0.15, 0.2) is 0 Å². The average Bonchev–Trinajstić information content (AvgIpc) is 2.96. The minimum atomic E-state index is -2.50. The zero-order valence-electron chi connectivity index (χ0n) is 11.5. The molecule has 2 unspecified atom stereocenters. The molecule has 2 atom stereocenters. The third kappa shape index (κ3) is 3.01. The molecule has 4 nitrogen and oxygen atoms in total. The van der Waals surface area contributed by atoms with Gasteiger partial charge < -0.3 is 4.74 Å². The predicted molar refractivity (Wildman–Crippen MR) is 70.6 cm³/mol. The fraction of sp³-hybridized carbons (Fsp3) is 0.786. The molecule has 2 aliphatic rings. The van der Waals surface area contributed by atoms with E-state index in [1.165, 1.54) is 0 Å². The SMILES string of the molecule is FC1(F)CCCCC1CN1CCOC(c2ccn[nH]2)C1. The molecular weight excluding hydrogens is 264 g/mol. The lowest BCUT2D eigenvalue weighted by atomic mass is 9.85. The van der Waals surface area contributed by atoms with E-state index in [9.17, 15) is 8.78 Å². The molecule has 6 heteroatoms. The summed E-state index contributed by atoms with van der Waals surface area (Å²) >= 11 is 0. The highest BCUT2D eigenvalue weighted by atomic mass is 19.3. The lowest BCUT2D eigenvalue weighted by Gasteiger charge is -2.38. The molecule has 1 aliphatic carbocycles. The normalized spacial score (nSPS) is 31.3. The van der Waals surface area contributed by atoms with Crippen LogP contribution in [0, 0.1) is 5.92 Å². The number of aromatic nitrogens is 2. The fourth-order valence-corrected chi connectivity index (χ4v) is 3.21. The molecule has 1 saturated carbocycles. The summed E-state index contributed by atoms with van der Waals surface area (Å²) in [4.78, 5) is 2.11. The topological polar surface area (TPSA) is 41.1 Å². The number of hydrogen-bond acceptors (Lipinski definition) is 3. The first-order chi connectivity index (χ1) is 9.65. The van der Waals surface area contributed by atoms with Crippen LogP contribution in [0.5, 0.6) is 0 Å². The summed E-state index contributed by atoms with van der Waals surface area (Å²) in [6, 6.07) is 1.88. The summed E-state index contributed by atoms with van der Waals surface area (Å²) in [5, 5.41) is 6.82. The molecule has 1 aromatic heterocycles. The Bertz CT molecular complexity index is 424. The Morgan fingerprint density at radius 3 is 3.10 bits per heavy atom. The van der Waals surface area contributed by atoms with Crippen molar-refractivity contribution < 1.29 is 13.5 Å². The quantitative estimate of drug-likeness (QED) is 0.928. The van der Waals surface area contributed by atoms with Crippen LogP contribution in [0.2, 0.25) is 0 Å². The molecule has 3 rings (SSSR count). The van der Waals surface area contributed by atoms with E-state index < -0.39 is 11.8 Å². The van der Waals surface area contributed by atoms with Gasteiger partial charge in [0.25, 0.3) is 5.92 Å². The summed E-state index contributed by atoms with van der Waals surface area (Å²) in [6.45, 7) is 2.45. The van der Waals surface area contributed by atoms with Crippen molar-refractivity contribution in [2.75, 3.05) is 26.2 Å². The van der Waals surface area contributed by atoms with Crippen LogP contribution in [0.3, 0.4) is 0 Å². The van der Waals surface area contributed by atoms with Gasteiger partial charge in [-0.1, -0.05) is 6.42 Å². The van der Waals surface area contributed by atoms with E-state index in [-0.39, 0.29) is 12.5 Å². The standard InChI is InChI=1S/C14H21F2N3O/c15-14(16)5-2-1-3-11(14)9-19-7-8-20-13(10-19)12-4-6-17-18-12/h4,6,11,13H,1-3,5,7-10H2,(H,17,18). The summed E-state index contributed by atoms with van der Waals surface area (Å²) in [5.74, 6) is -3.00. The van der Waals surface area contributed by atoms with E-state index in [1.807, 2.05) is 6.07 Å². The maximum Gasteiger partial charge on any atom is 0.252 e. The molecule has 1 aliphatic heterocycles. The zero-order valence-corrected chi connectivity index (χ0v) is 11.5. The highest BCUT2D eigenvalue weighted by molar-refractivity contribution is 5.04. The van der Waals surface area contributed by atoms with Gasteiger partial charge in [-0.3, -0.25) is 10.00 Å². The highest BCUT2D eigenvalue weighted by Gasteiger charge is 2.42. The number of ether oxygens (including phenoxy) is 1. The van der Waals surface area contributed by atoms with E-state index in [1.54, 1.807) is 6.20 Å². The third-order valence-corrected chi connectivity index (χ3v) is 4.41. The Morgan fingerprint density at radius 2 is 2.35 bits per heavy atom. The van der Waals surface area contributed by atoms with Gasteiger partial charge in [-0.15, -0.1) is 0 Å². The Balaban J connectivity index is 1.60. The Kier molecular flexibility index (Phi) is 4.03. The molecule has 0 amide bonds. The van der Waals surface area contributed by atoms with Crippen LogP contribution in [0.1, 0.15) is 37.5 Å². The number of morpholine rings is 1. The highest BCUT2D eigenvalue weighted by Crippen LogP contribution is 2.39. The average molecular weight is 285 g/mol. The van der Waals surface area contributed by atoms with Crippen molar-refractivity contribution in [1.82, 2.24) is 15.1 Å². The minimum Gasteiger partial charge on any atom is -0.369 e. The van der Waals surface area contributed by atoms with Crippen LogP contribution < -0.4 is 0 Å². The van der Waals surface area contributed by atoms with E-state index in [2.05, 4.69) is 15.1 Å². The number of alkyl halides is 2. The van der Waals surface area contributed by atoms with E-state index >= 15 is 0 Å². The largest absolute Gasteiger partial charge is 0.369 e. The third-order valence-electron chi connectivity index (χ3n) is 4.41. The van der Waals surface area contributed by atoms with Crippen molar-refractivity contribution in [3.05, 3.63) is 18.0 Å². The maximum atomic E-state index is 13.9. The molecule has 0 aromatic carbocycles. The Labute approximate surface area is 117 Å². The Morgan fingerprint density at radius 1 is 1.45 bits per heavy atom. The number of nitrogens with zero attached hydrogens (tertiary/aromatic N) is 2.